The number of ether oxygens (including phenoxy) is 4. The number of amides is 5. The molecule has 0 saturated carbocycles. The van der Waals surface area contributed by atoms with Crippen LogP contribution in [-0.4, -0.2) is 137 Å². The molecule has 18 nitrogen and oxygen atoms in total. The quantitative estimate of drug-likeness (QED) is 0.0447. The van der Waals surface area contributed by atoms with Crippen LogP contribution in [-0.2, 0) is 52.5 Å². The molecular formula is C35H63N5O13. The molecule has 0 spiro atoms. The van der Waals surface area contributed by atoms with Gasteiger partial charge < -0.3 is 55.7 Å². The van der Waals surface area contributed by atoms with Crippen LogP contribution >= 0.6 is 0 Å². The third kappa shape index (κ3) is 28.3. The van der Waals surface area contributed by atoms with Crippen molar-refractivity contribution in [1.29, 1.82) is 0 Å². The Balaban J connectivity index is 3.83. The van der Waals surface area contributed by atoms with Crippen molar-refractivity contribution in [2.75, 3.05) is 79.0 Å². The van der Waals surface area contributed by atoms with Gasteiger partial charge in [-0.05, 0) is 44.9 Å². The molecule has 18 heteroatoms. The largest absolute Gasteiger partial charge is 0.481 e. The SMILES string of the molecule is CCCCNC(=O)CCCNC(=O)COCCOCCNC(=O)COCCOCCNC(=O)CC[C@H](NC(=O)CC(C)(C)CC(C)(C)C(=O)O)C(=O)O. The van der Waals surface area contributed by atoms with E-state index in [1.807, 2.05) is 0 Å². The number of rotatable bonds is 33. The molecule has 0 aliphatic heterocycles. The van der Waals surface area contributed by atoms with E-state index in [1.165, 1.54) is 0 Å². The zero-order valence-corrected chi connectivity index (χ0v) is 32.1. The maximum absolute atomic E-state index is 12.5. The molecule has 0 heterocycles. The number of unbranched alkanes of at least 4 members (excludes halogenated alkanes) is 1. The van der Waals surface area contributed by atoms with Gasteiger partial charge >= 0.3 is 11.9 Å². The third-order valence-electron chi connectivity index (χ3n) is 7.53. The fourth-order valence-electron chi connectivity index (χ4n) is 5.00. The average Bonchev–Trinajstić information content (AvgIpc) is 3.06. The van der Waals surface area contributed by atoms with Crippen molar-refractivity contribution in [3.05, 3.63) is 0 Å². The number of carbonyl (C=O) groups is 7. The Labute approximate surface area is 312 Å². The summed E-state index contributed by atoms with van der Waals surface area (Å²) in [5.41, 5.74) is -1.75. The van der Waals surface area contributed by atoms with E-state index in [2.05, 4.69) is 33.5 Å². The Kier molecular flexibility index (Phi) is 26.5. The molecule has 0 saturated heterocycles. The second-order valence-corrected chi connectivity index (χ2v) is 13.9. The molecule has 0 aliphatic rings. The highest BCUT2D eigenvalue weighted by Crippen LogP contribution is 2.36. The smallest absolute Gasteiger partial charge is 0.326 e. The first-order valence-electron chi connectivity index (χ1n) is 18.1. The van der Waals surface area contributed by atoms with E-state index < -0.39 is 40.6 Å². The predicted molar refractivity (Wildman–Crippen MR) is 193 cm³/mol. The topological polar surface area (TPSA) is 257 Å². The summed E-state index contributed by atoms with van der Waals surface area (Å²) in [6.07, 6.45) is 2.71. The van der Waals surface area contributed by atoms with Gasteiger partial charge in [-0.3, -0.25) is 28.8 Å². The maximum Gasteiger partial charge on any atom is 0.326 e. The normalized spacial score (nSPS) is 12.0. The Morgan fingerprint density at radius 2 is 1.06 bits per heavy atom. The number of aliphatic carboxylic acids is 2. The summed E-state index contributed by atoms with van der Waals surface area (Å²) in [6.45, 7) is 11.0. The van der Waals surface area contributed by atoms with Crippen LogP contribution in [0.1, 0.15) is 86.0 Å². The van der Waals surface area contributed by atoms with Gasteiger partial charge in [-0.25, -0.2) is 4.79 Å². The van der Waals surface area contributed by atoms with Gasteiger partial charge in [0, 0.05) is 45.4 Å². The lowest BCUT2D eigenvalue weighted by molar-refractivity contribution is -0.149. The lowest BCUT2D eigenvalue weighted by atomic mass is 9.73. The second-order valence-electron chi connectivity index (χ2n) is 13.9. The Hall–Kier alpha value is -3.87. The predicted octanol–water partition coefficient (Wildman–Crippen LogP) is 0.365. The van der Waals surface area contributed by atoms with Crippen LogP contribution in [0.3, 0.4) is 0 Å². The van der Waals surface area contributed by atoms with E-state index in [0.29, 0.717) is 25.9 Å². The summed E-state index contributed by atoms with van der Waals surface area (Å²) in [5.74, 6) is -3.87. The van der Waals surface area contributed by atoms with E-state index in [0.717, 1.165) is 12.8 Å². The molecule has 0 unspecified atom stereocenters. The summed E-state index contributed by atoms with van der Waals surface area (Å²) in [4.78, 5) is 83.0. The average molecular weight is 762 g/mol. The lowest BCUT2D eigenvalue weighted by Gasteiger charge is -2.32. The summed E-state index contributed by atoms with van der Waals surface area (Å²) in [6, 6.07) is -1.28. The second kappa shape index (κ2) is 28.6. The van der Waals surface area contributed by atoms with Gasteiger partial charge in [0.1, 0.15) is 19.3 Å². The fourth-order valence-corrected chi connectivity index (χ4v) is 5.00. The van der Waals surface area contributed by atoms with Crippen molar-refractivity contribution in [2.45, 2.75) is 92.0 Å². The van der Waals surface area contributed by atoms with E-state index in [4.69, 9.17) is 18.9 Å². The van der Waals surface area contributed by atoms with Crippen LogP contribution in [0.15, 0.2) is 0 Å². The van der Waals surface area contributed by atoms with Gasteiger partial charge in [0.15, 0.2) is 0 Å². The van der Waals surface area contributed by atoms with Crippen LogP contribution in [0.5, 0.6) is 0 Å². The van der Waals surface area contributed by atoms with Gasteiger partial charge in [0.05, 0.1) is 45.1 Å². The van der Waals surface area contributed by atoms with E-state index in [1.54, 1.807) is 27.7 Å². The highest BCUT2D eigenvalue weighted by molar-refractivity contribution is 5.85. The molecule has 0 aromatic rings. The third-order valence-corrected chi connectivity index (χ3v) is 7.53. The number of carboxylic acid groups (broad SMARTS) is 2. The molecule has 5 amide bonds. The first-order chi connectivity index (χ1) is 25.0. The zero-order chi connectivity index (χ0) is 40.1. The highest BCUT2D eigenvalue weighted by Gasteiger charge is 2.36. The summed E-state index contributed by atoms with van der Waals surface area (Å²) >= 11 is 0. The monoisotopic (exact) mass is 761 g/mol. The van der Waals surface area contributed by atoms with Crippen molar-refractivity contribution >= 4 is 41.5 Å². The minimum Gasteiger partial charge on any atom is -0.481 e. The number of hydrogen-bond acceptors (Lipinski definition) is 11. The van der Waals surface area contributed by atoms with Crippen molar-refractivity contribution in [3.8, 4) is 0 Å². The minimum absolute atomic E-state index is 0.0240. The number of hydrogen-bond donors (Lipinski definition) is 7. The lowest BCUT2D eigenvalue weighted by Crippen LogP contribution is -2.43. The molecule has 0 bridgehead atoms. The summed E-state index contributed by atoms with van der Waals surface area (Å²) in [5, 5.41) is 32.0. The van der Waals surface area contributed by atoms with Crippen LogP contribution in [0.25, 0.3) is 0 Å². The van der Waals surface area contributed by atoms with Gasteiger partial charge in [-0.1, -0.05) is 27.2 Å². The summed E-state index contributed by atoms with van der Waals surface area (Å²) < 4.78 is 21.2. The zero-order valence-electron chi connectivity index (χ0n) is 32.1. The van der Waals surface area contributed by atoms with Crippen LogP contribution in [0.2, 0.25) is 0 Å². The molecule has 0 aromatic carbocycles. The van der Waals surface area contributed by atoms with Crippen molar-refractivity contribution < 1.29 is 62.7 Å². The highest BCUT2D eigenvalue weighted by atomic mass is 16.5. The molecule has 0 fully saturated rings. The molecule has 0 aromatic heterocycles. The van der Waals surface area contributed by atoms with E-state index >= 15 is 0 Å². The van der Waals surface area contributed by atoms with Gasteiger partial charge in [-0.15, -0.1) is 0 Å². The van der Waals surface area contributed by atoms with Crippen molar-refractivity contribution in [2.24, 2.45) is 10.8 Å². The van der Waals surface area contributed by atoms with Crippen LogP contribution in [0, 0.1) is 10.8 Å². The van der Waals surface area contributed by atoms with Crippen LogP contribution < -0.4 is 26.6 Å². The number of carbonyl (C=O) groups excluding carboxylic acids is 5. The standard InChI is InChI=1S/C35H63N5O13/c1-6-7-12-36-27(41)9-8-13-37-30(44)23-52-20-19-51-17-15-39-31(45)24-53-21-18-50-16-14-38-28(42)11-10-26(32(46)47)40-29(43)22-34(2,3)25-35(4,5)33(48)49/h26H,6-25H2,1-5H3,(H,36,41)(H,37,44)(H,38,42)(H,39,45)(H,40,43)(H,46,47)(H,48,49)/t26-/m0/s1. The molecule has 0 radical (unpaired) electrons. The fraction of sp³-hybridized carbons (Fsp3) is 0.800. The molecular weight excluding hydrogens is 698 g/mol. The Bertz CT molecular complexity index is 1130. The Morgan fingerprint density at radius 3 is 1.58 bits per heavy atom. The first kappa shape index (κ1) is 49.1. The van der Waals surface area contributed by atoms with E-state index in [9.17, 15) is 43.8 Å². The van der Waals surface area contributed by atoms with Gasteiger partial charge in [0.25, 0.3) is 0 Å². The van der Waals surface area contributed by atoms with Crippen LogP contribution in [0.4, 0.5) is 0 Å². The molecule has 0 aliphatic carbocycles. The molecule has 0 rings (SSSR count). The van der Waals surface area contributed by atoms with Gasteiger partial charge in [-0.2, -0.15) is 0 Å². The van der Waals surface area contributed by atoms with Gasteiger partial charge in [0.2, 0.25) is 29.5 Å². The molecule has 53 heavy (non-hydrogen) atoms. The number of carboxylic acids is 2. The van der Waals surface area contributed by atoms with E-state index in [-0.39, 0.29) is 109 Å². The maximum atomic E-state index is 12.5. The minimum atomic E-state index is -1.28. The molecule has 7 N–H and O–H groups in total. The Morgan fingerprint density at radius 1 is 0.585 bits per heavy atom. The molecule has 1 atom stereocenters. The first-order valence-corrected chi connectivity index (χ1v) is 18.1. The molecule has 306 valence electrons. The van der Waals surface area contributed by atoms with Crippen molar-refractivity contribution in [3.63, 3.8) is 0 Å². The van der Waals surface area contributed by atoms with Crippen molar-refractivity contribution in [1.82, 2.24) is 26.6 Å². The number of nitrogens with one attached hydrogen (secondary N) is 5. The summed E-state index contributed by atoms with van der Waals surface area (Å²) in [7, 11) is 0.